The zero-order valence-electron chi connectivity index (χ0n) is 15.6. The number of hydrogen-bond acceptors (Lipinski definition) is 2. The molecular formula is C20H30N2O2. The van der Waals surface area contributed by atoms with E-state index in [9.17, 15) is 9.59 Å². The van der Waals surface area contributed by atoms with Crippen molar-refractivity contribution in [3.63, 3.8) is 0 Å². The summed E-state index contributed by atoms with van der Waals surface area (Å²) < 4.78 is 0. The Morgan fingerprint density at radius 2 is 2.00 bits per heavy atom. The summed E-state index contributed by atoms with van der Waals surface area (Å²) in [5.74, 6) is 0.577. The summed E-state index contributed by atoms with van der Waals surface area (Å²) in [6, 6.07) is 7.87. The molecular weight excluding hydrogens is 300 g/mol. The molecule has 1 aliphatic heterocycles. The minimum atomic E-state index is -0.0673. The van der Waals surface area contributed by atoms with Crippen LogP contribution in [0.5, 0.6) is 0 Å². The Balaban J connectivity index is 2.01. The number of nitrogens with one attached hydrogen (secondary N) is 1. The molecule has 4 nitrogen and oxygen atoms in total. The summed E-state index contributed by atoms with van der Waals surface area (Å²) in [5, 5.41) is 3.09. The first-order chi connectivity index (χ1) is 11.2. The third-order valence-electron chi connectivity index (χ3n) is 5.10. The molecule has 0 aromatic heterocycles. The van der Waals surface area contributed by atoms with Gasteiger partial charge in [-0.05, 0) is 42.4 Å². The summed E-state index contributed by atoms with van der Waals surface area (Å²) >= 11 is 0. The van der Waals surface area contributed by atoms with Crippen LogP contribution in [0.2, 0.25) is 0 Å². The third kappa shape index (κ3) is 4.59. The van der Waals surface area contributed by atoms with Gasteiger partial charge in [-0.15, -0.1) is 0 Å². The number of carbonyl (C=O) groups excluding carboxylic acids is 2. The maximum atomic E-state index is 12.3. The standard InChI is InChI=1S/C20H30N2O2/c1-14(20(3,4)5)12-18(23)21-15(2)16-8-6-9-17(13-16)22-11-7-10-19(22)24/h6,8-9,13-15H,7,10-12H2,1-5H3,(H,21,23). The first-order valence-electron chi connectivity index (χ1n) is 8.88. The number of nitrogens with zero attached hydrogens (tertiary/aromatic N) is 1. The second kappa shape index (κ2) is 7.37. The lowest BCUT2D eigenvalue weighted by atomic mass is 9.80. The number of benzene rings is 1. The monoisotopic (exact) mass is 330 g/mol. The minimum absolute atomic E-state index is 0.0673. The van der Waals surface area contributed by atoms with Crippen molar-refractivity contribution in [2.75, 3.05) is 11.4 Å². The van der Waals surface area contributed by atoms with E-state index in [-0.39, 0.29) is 23.3 Å². The molecule has 0 bridgehead atoms. The van der Waals surface area contributed by atoms with Gasteiger partial charge in [0.25, 0.3) is 0 Å². The van der Waals surface area contributed by atoms with Crippen LogP contribution >= 0.6 is 0 Å². The third-order valence-corrected chi connectivity index (χ3v) is 5.10. The van der Waals surface area contributed by atoms with Crippen molar-refractivity contribution in [3.05, 3.63) is 29.8 Å². The van der Waals surface area contributed by atoms with Crippen LogP contribution in [0.25, 0.3) is 0 Å². The second-order valence-electron chi connectivity index (χ2n) is 8.00. The molecule has 2 rings (SSSR count). The number of hydrogen-bond donors (Lipinski definition) is 1. The van der Waals surface area contributed by atoms with E-state index in [0.29, 0.717) is 18.8 Å². The molecule has 1 N–H and O–H groups in total. The van der Waals surface area contributed by atoms with E-state index in [1.807, 2.05) is 36.1 Å². The van der Waals surface area contributed by atoms with Gasteiger partial charge in [-0.25, -0.2) is 0 Å². The molecule has 2 unspecified atom stereocenters. The molecule has 1 fully saturated rings. The maximum absolute atomic E-state index is 12.3. The van der Waals surface area contributed by atoms with Crippen molar-refractivity contribution in [1.29, 1.82) is 0 Å². The summed E-state index contributed by atoms with van der Waals surface area (Å²) in [4.78, 5) is 26.0. The van der Waals surface area contributed by atoms with Crippen molar-refractivity contribution < 1.29 is 9.59 Å². The maximum Gasteiger partial charge on any atom is 0.227 e. The van der Waals surface area contributed by atoms with Gasteiger partial charge in [-0.2, -0.15) is 0 Å². The predicted octanol–water partition coefficient (Wildman–Crippen LogP) is 4.06. The molecule has 1 saturated heterocycles. The Labute approximate surface area is 145 Å². The van der Waals surface area contributed by atoms with Gasteiger partial charge >= 0.3 is 0 Å². The van der Waals surface area contributed by atoms with Gasteiger partial charge in [-0.3, -0.25) is 9.59 Å². The molecule has 0 aliphatic carbocycles. The van der Waals surface area contributed by atoms with E-state index in [1.54, 1.807) is 0 Å². The van der Waals surface area contributed by atoms with Crippen LogP contribution in [0.4, 0.5) is 5.69 Å². The highest BCUT2D eigenvalue weighted by atomic mass is 16.2. The molecule has 1 aromatic carbocycles. The van der Waals surface area contributed by atoms with Gasteiger partial charge < -0.3 is 10.2 Å². The molecule has 2 amide bonds. The number of anilines is 1. The number of carbonyl (C=O) groups is 2. The van der Waals surface area contributed by atoms with E-state index >= 15 is 0 Å². The highest BCUT2D eigenvalue weighted by Crippen LogP contribution is 2.28. The Morgan fingerprint density at radius 1 is 1.29 bits per heavy atom. The molecule has 0 spiro atoms. The number of amides is 2. The van der Waals surface area contributed by atoms with Crippen LogP contribution in [0.3, 0.4) is 0 Å². The number of rotatable bonds is 5. The van der Waals surface area contributed by atoms with Gasteiger partial charge in [0.15, 0.2) is 0 Å². The summed E-state index contributed by atoms with van der Waals surface area (Å²) in [5.41, 5.74) is 2.08. The molecule has 4 heteroatoms. The fourth-order valence-electron chi connectivity index (χ4n) is 2.85. The Kier molecular flexibility index (Phi) is 5.68. The topological polar surface area (TPSA) is 49.4 Å². The van der Waals surface area contributed by atoms with E-state index in [4.69, 9.17) is 0 Å². The predicted molar refractivity (Wildman–Crippen MR) is 97.8 cm³/mol. The SMILES string of the molecule is CC(NC(=O)CC(C)C(C)(C)C)c1cccc(N2CCCC2=O)c1. The largest absolute Gasteiger partial charge is 0.350 e. The lowest BCUT2D eigenvalue weighted by Crippen LogP contribution is -2.31. The first kappa shape index (κ1) is 18.5. The van der Waals surface area contributed by atoms with Crippen LogP contribution in [-0.4, -0.2) is 18.4 Å². The molecule has 1 aromatic rings. The molecule has 0 radical (unpaired) electrons. The van der Waals surface area contributed by atoms with E-state index in [0.717, 1.165) is 24.2 Å². The van der Waals surface area contributed by atoms with Crippen molar-refractivity contribution in [3.8, 4) is 0 Å². The van der Waals surface area contributed by atoms with E-state index < -0.39 is 0 Å². The van der Waals surface area contributed by atoms with Crippen molar-refractivity contribution in [1.82, 2.24) is 5.32 Å². The van der Waals surface area contributed by atoms with E-state index in [1.165, 1.54) is 0 Å². The molecule has 0 saturated carbocycles. The second-order valence-corrected chi connectivity index (χ2v) is 8.00. The quantitative estimate of drug-likeness (QED) is 0.885. The average Bonchev–Trinajstić information content (AvgIpc) is 2.92. The zero-order valence-corrected chi connectivity index (χ0v) is 15.6. The normalized spacial score (nSPS) is 17.7. The van der Waals surface area contributed by atoms with Crippen molar-refractivity contribution in [2.24, 2.45) is 11.3 Å². The molecule has 1 heterocycles. The minimum Gasteiger partial charge on any atom is -0.350 e. The van der Waals surface area contributed by atoms with Crippen LogP contribution in [-0.2, 0) is 9.59 Å². The zero-order chi connectivity index (χ0) is 17.9. The smallest absolute Gasteiger partial charge is 0.227 e. The molecule has 24 heavy (non-hydrogen) atoms. The molecule has 2 atom stereocenters. The van der Waals surface area contributed by atoms with Crippen LogP contribution in [0.15, 0.2) is 24.3 Å². The molecule has 1 aliphatic rings. The van der Waals surface area contributed by atoms with Crippen LogP contribution in [0.1, 0.15) is 65.5 Å². The highest BCUT2D eigenvalue weighted by Gasteiger charge is 2.24. The van der Waals surface area contributed by atoms with Gasteiger partial charge in [0.1, 0.15) is 0 Å². The Morgan fingerprint density at radius 3 is 2.58 bits per heavy atom. The highest BCUT2D eigenvalue weighted by molar-refractivity contribution is 5.95. The molecule has 132 valence electrons. The van der Waals surface area contributed by atoms with Gasteiger partial charge in [-0.1, -0.05) is 39.8 Å². The average molecular weight is 330 g/mol. The van der Waals surface area contributed by atoms with Gasteiger partial charge in [0, 0.05) is 25.1 Å². The van der Waals surface area contributed by atoms with E-state index in [2.05, 4.69) is 33.0 Å². The fraction of sp³-hybridized carbons (Fsp3) is 0.600. The lowest BCUT2D eigenvalue weighted by molar-refractivity contribution is -0.123. The van der Waals surface area contributed by atoms with Crippen molar-refractivity contribution >= 4 is 17.5 Å². The summed E-state index contributed by atoms with van der Waals surface area (Å²) in [7, 11) is 0. The van der Waals surface area contributed by atoms with Crippen LogP contribution < -0.4 is 10.2 Å². The lowest BCUT2D eigenvalue weighted by Gasteiger charge is -2.27. The summed E-state index contributed by atoms with van der Waals surface area (Å²) in [6.45, 7) is 11.4. The van der Waals surface area contributed by atoms with Gasteiger partial charge in [0.2, 0.25) is 11.8 Å². The first-order valence-corrected chi connectivity index (χ1v) is 8.88. The van der Waals surface area contributed by atoms with Crippen molar-refractivity contribution in [2.45, 2.75) is 59.9 Å². The Hall–Kier alpha value is -1.84. The van der Waals surface area contributed by atoms with Gasteiger partial charge in [0.05, 0.1) is 6.04 Å². The Bertz CT molecular complexity index is 604. The summed E-state index contributed by atoms with van der Waals surface area (Å²) in [6.07, 6.45) is 2.07. The van der Waals surface area contributed by atoms with Crippen LogP contribution in [0, 0.1) is 11.3 Å². The fourth-order valence-corrected chi connectivity index (χ4v) is 2.85.